The smallest absolute Gasteiger partial charge is 0.473 e. The maximum atomic E-state index is 8.62. The first-order valence-electron chi connectivity index (χ1n) is 2.92. The molecule has 0 unspecified atom stereocenters. The second kappa shape index (κ2) is 3.10. The average molecular weight is 156 g/mol. The highest BCUT2D eigenvalue weighted by Crippen LogP contribution is 1.83. The summed E-state index contributed by atoms with van der Waals surface area (Å²) in [4.78, 5) is 0. The van der Waals surface area contributed by atoms with E-state index in [0.29, 0.717) is 0 Å². The first-order valence-corrected chi connectivity index (χ1v) is 2.92. The van der Waals surface area contributed by atoms with Crippen LogP contribution in [0.3, 0.4) is 0 Å². The van der Waals surface area contributed by atoms with Gasteiger partial charge < -0.3 is 24.5 Å². The molecule has 0 aliphatic heterocycles. The van der Waals surface area contributed by atoms with Gasteiger partial charge in [-0.25, -0.2) is 0 Å². The number of hydrogen-bond donors (Lipinski definition) is 4. The third-order valence-electron chi connectivity index (χ3n) is 1.24. The summed E-state index contributed by atoms with van der Waals surface area (Å²) in [5.41, 5.74) is -0.292. The van der Waals surface area contributed by atoms with Crippen LogP contribution in [0.15, 0.2) is 16.7 Å². The zero-order valence-corrected chi connectivity index (χ0v) is 5.51. The van der Waals surface area contributed by atoms with Gasteiger partial charge in [-0.1, -0.05) is 0 Å². The van der Waals surface area contributed by atoms with Crippen molar-refractivity contribution in [3.63, 3.8) is 0 Å². The third-order valence-corrected chi connectivity index (χ3v) is 1.24. The van der Waals surface area contributed by atoms with Gasteiger partial charge in [0, 0.05) is 5.46 Å². The lowest BCUT2D eigenvalue weighted by atomic mass is 9.71. The first-order chi connectivity index (χ1) is 5.13. The van der Waals surface area contributed by atoms with Crippen molar-refractivity contribution in [1.29, 1.82) is 0 Å². The van der Waals surface area contributed by atoms with Crippen molar-refractivity contribution in [3.05, 3.63) is 12.3 Å². The van der Waals surface area contributed by atoms with Crippen LogP contribution in [-0.2, 0) is 0 Å². The van der Waals surface area contributed by atoms with E-state index in [9.17, 15) is 0 Å². The Bertz CT molecular complexity index is 210. The van der Waals surface area contributed by atoms with E-state index in [2.05, 4.69) is 4.42 Å². The van der Waals surface area contributed by atoms with Gasteiger partial charge in [0.15, 0.2) is 0 Å². The minimum Gasteiger partial charge on any atom is -0.473 e. The molecule has 0 saturated carbocycles. The van der Waals surface area contributed by atoms with Crippen molar-refractivity contribution < 1.29 is 24.5 Å². The summed E-state index contributed by atoms with van der Waals surface area (Å²) in [7, 11) is -3.56. The largest absolute Gasteiger partial charge is 0.525 e. The minimum absolute atomic E-state index is 0.0417. The molecule has 0 amide bonds. The lowest BCUT2D eigenvalue weighted by Gasteiger charge is -1.97. The molecule has 0 aliphatic rings. The van der Waals surface area contributed by atoms with Crippen LogP contribution in [0.2, 0.25) is 0 Å². The monoisotopic (exact) mass is 156 g/mol. The first kappa shape index (κ1) is 8.35. The van der Waals surface area contributed by atoms with E-state index >= 15 is 0 Å². The second-order valence-electron chi connectivity index (χ2n) is 1.99. The summed E-state index contributed by atoms with van der Waals surface area (Å²) in [6.45, 7) is 0. The van der Waals surface area contributed by atoms with Crippen LogP contribution < -0.4 is 11.1 Å². The van der Waals surface area contributed by atoms with Crippen LogP contribution in [0.4, 0.5) is 0 Å². The van der Waals surface area contributed by atoms with Gasteiger partial charge in [0.1, 0.15) is 5.66 Å². The van der Waals surface area contributed by atoms with Crippen molar-refractivity contribution in [2.24, 2.45) is 0 Å². The standard InChI is InChI=1S/C4H6B2O5/c7-5(8)3-1-2-11-4(3)6(9)10/h1-2,7-10H. The van der Waals surface area contributed by atoms with E-state index in [1.807, 2.05) is 0 Å². The molecule has 0 bridgehead atoms. The highest BCUT2D eigenvalue weighted by atomic mass is 16.4. The summed E-state index contributed by atoms with van der Waals surface area (Å²) in [6.07, 6.45) is 1.14. The van der Waals surface area contributed by atoms with Gasteiger partial charge in [-0.15, -0.1) is 0 Å². The SMILES string of the molecule is OB(O)c1ccoc1B(O)O. The van der Waals surface area contributed by atoms with E-state index < -0.39 is 14.2 Å². The lowest BCUT2D eigenvalue weighted by Crippen LogP contribution is -2.47. The number of hydrogen-bond acceptors (Lipinski definition) is 5. The van der Waals surface area contributed by atoms with Gasteiger partial charge in [-0.3, -0.25) is 0 Å². The predicted molar refractivity (Wildman–Crippen MR) is 38.4 cm³/mol. The van der Waals surface area contributed by atoms with Crippen molar-refractivity contribution in [1.82, 2.24) is 0 Å². The van der Waals surface area contributed by atoms with E-state index in [1.165, 1.54) is 6.07 Å². The predicted octanol–water partition coefficient (Wildman–Crippen LogP) is -3.36. The third kappa shape index (κ3) is 1.63. The summed E-state index contributed by atoms with van der Waals surface area (Å²) in [6, 6.07) is 1.25. The maximum Gasteiger partial charge on any atom is 0.525 e. The molecule has 1 aromatic heterocycles. The molecule has 7 heteroatoms. The summed E-state index contributed by atoms with van der Waals surface area (Å²) in [5, 5.41) is 34.4. The second-order valence-corrected chi connectivity index (χ2v) is 1.99. The molecule has 5 nitrogen and oxygen atoms in total. The minimum atomic E-state index is -1.82. The quantitative estimate of drug-likeness (QED) is 0.335. The van der Waals surface area contributed by atoms with Crippen molar-refractivity contribution in [3.8, 4) is 0 Å². The number of furan rings is 1. The normalized spacial score (nSPS) is 9.82. The van der Waals surface area contributed by atoms with Crippen LogP contribution >= 0.6 is 0 Å². The van der Waals surface area contributed by atoms with E-state index in [4.69, 9.17) is 20.1 Å². The zero-order chi connectivity index (χ0) is 8.43. The molecule has 4 N–H and O–H groups in total. The Morgan fingerprint density at radius 1 is 1.09 bits per heavy atom. The molecule has 0 aromatic carbocycles. The zero-order valence-electron chi connectivity index (χ0n) is 5.51. The van der Waals surface area contributed by atoms with Gasteiger partial charge in [0.05, 0.1) is 6.26 Å². The fourth-order valence-corrected chi connectivity index (χ4v) is 0.754. The summed E-state index contributed by atoms with van der Waals surface area (Å²) >= 11 is 0. The Labute approximate surface area is 63.2 Å². The molecule has 58 valence electrons. The molecule has 0 fully saturated rings. The van der Waals surface area contributed by atoms with Crippen LogP contribution in [0, 0.1) is 0 Å². The number of rotatable bonds is 2. The van der Waals surface area contributed by atoms with Crippen LogP contribution in [0.25, 0.3) is 0 Å². The van der Waals surface area contributed by atoms with Crippen molar-refractivity contribution in [2.45, 2.75) is 0 Å². The molecule has 11 heavy (non-hydrogen) atoms. The van der Waals surface area contributed by atoms with Gasteiger partial charge in [0.25, 0.3) is 0 Å². The molecule has 1 heterocycles. The molecule has 0 saturated heterocycles. The highest BCUT2D eigenvalue weighted by molar-refractivity contribution is 6.70. The molecule has 0 radical (unpaired) electrons. The van der Waals surface area contributed by atoms with Crippen LogP contribution in [0.5, 0.6) is 0 Å². The van der Waals surface area contributed by atoms with Gasteiger partial charge >= 0.3 is 14.2 Å². The molecular weight excluding hydrogens is 150 g/mol. The molecule has 1 aromatic rings. The lowest BCUT2D eigenvalue weighted by molar-refractivity contribution is 0.406. The Morgan fingerprint density at radius 2 is 1.73 bits per heavy atom. The van der Waals surface area contributed by atoms with Gasteiger partial charge in [-0.05, 0) is 6.07 Å². The van der Waals surface area contributed by atoms with Crippen LogP contribution in [0.1, 0.15) is 0 Å². The van der Waals surface area contributed by atoms with E-state index in [1.54, 1.807) is 0 Å². The van der Waals surface area contributed by atoms with Crippen molar-refractivity contribution >= 4 is 25.4 Å². The molecule has 0 aliphatic carbocycles. The molecule has 0 atom stereocenters. The maximum absolute atomic E-state index is 8.62. The average Bonchev–Trinajstić information content (AvgIpc) is 2.32. The van der Waals surface area contributed by atoms with E-state index in [0.717, 1.165) is 6.26 Å². The van der Waals surface area contributed by atoms with Gasteiger partial charge in [-0.2, -0.15) is 0 Å². The Morgan fingerprint density at radius 3 is 2.09 bits per heavy atom. The Hall–Kier alpha value is -0.750. The van der Waals surface area contributed by atoms with Crippen molar-refractivity contribution in [2.75, 3.05) is 0 Å². The summed E-state index contributed by atoms with van der Waals surface area (Å²) in [5.74, 6) is 0. The topological polar surface area (TPSA) is 94.1 Å². The molecule has 1 rings (SSSR count). The Kier molecular flexibility index (Phi) is 2.35. The fraction of sp³-hybridized carbons (Fsp3) is 0. The van der Waals surface area contributed by atoms with Gasteiger partial charge in [0.2, 0.25) is 0 Å². The van der Waals surface area contributed by atoms with Crippen LogP contribution in [-0.4, -0.2) is 34.3 Å². The Balaban J connectivity index is 2.96. The molecular formula is C4H6B2O5. The van der Waals surface area contributed by atoms with E-state index in [-0.39, 0.29) is 11.1 Å². The highest BCUT2D eigenvalue weighted by Gasteiger charge is 2.26. The molecule has 0 spiro atoms. The summed E-state index contributed by atoms with van der Waals surface area (Å²) < 4.78 is 4.57. The fourth-order valence-electron chi connectivity index (χ4n) is 0.754.